The summed E-state index contributed by atoms with van der Waals surface area (Å²) in [5, 5.41) is 0. The zero-order valence-corrected chi connectivity index (χ0v) is 29.3. The summed E-state index contributed by atoms with van der Waals surface area (Å²) in [6.45, 7) is 19.7. The Morgan fingerprint density at radius 2 is 1.12 bits per heavy atom. The second kappa shape index (κ2) is 12.6. The highest BCUT2D eigenvalue weighted by molar-refractivity contribution is 5.35. The Labute approximate surface area is 267 Å². The molecule has 0 bridgehead atoms. The molecule has 0 saturated heterocycles. The summed E-state index contributed by atoms with van der Waals surface area (Å²) >= 11 is 0. The van der Waals surface area contributed by atoms with Crippen LogP contribution in [0.5, 0.6) is 0 Å². The van der Waals surface area contributed by atoms with Gasteiger partial charge < -0.3 is 0 Å². The summed E-state index contributed by atoms with van der Waals surface area (Å²) in [7, 11) is 0. The molecule has 5 fully saturated rings. The highest BCUT2D eigenvalue weighted by Crippen LogP contribution is 2.68. The Bertz CT molecular complexity index is 1010. The van der Waals surface area contributed by atoms with E-state index < -0.39 is 0 Å². The molecule has 6 rings (SSSR count). The maximum atomic E-state index is 4.34. The first kappa shape index (κ1) is 31.9. The van der Waals surface area contributed by atoms with E-state index in [4.69, 9.17) is 0 Å². The largest absolute Gasteiger partial charge is 0.103 e. The van der Waals surface area contributed by atoms with Crippen molar-refractivity contribution in [2.45, 2.75) is 162 Å². The summed E-state index contributed by atoms with van der Waals surface area (Å²) in [6, 6.07) is 10.7. The van der Waals surface area contributed by atoms with Gasteiger partial charge in [-0.2, -0.15) is 0 Å². The Hall–Kier alpha value is -1.04. The molecule has 5 aliphatic rings. The van der Waals surface area contributed by atoms with Crippen molar-refractivity contribution in [1.82, 2.24) is 0 Å². The SMILES string of the molecule is C=CCCC(c1ccc(C2CCCCC2)cc1)(C1CCCC1)C1C2CC(C(C)(C)C)CCC2C2CCC(C(C)(C)C)CC21. The lowest BCUT2D eigenvalue weighted by molar-refractivity contribution is 0.0208. The lowest BCUT2D eigenvalue weighted by atomic mass is 9.51. The molecule has 7 atom stereocenters. The van der Waals surface area contributed by atoms with Gasteiger partial charge in [-0.25, -0.2) is 0 Å². The molecular formula is C43H68. The molecule has 1 aromatic carbocycles. The van der Waals surface area contributed by atoms with E-state index in [2.05, 4.69) is 78.5 Å². The van der Waals surface area contributed by atoms with Crippen LogP contribution in [-0.2, 0) is 5.41 Å². The van der Waals surface area contributed by atoms with Crippen LogP contribution in [0, 0.1) is 58.2 Å². The fourth-order valence-electron chi connectivity index (χ4n) is 12.5. The number of rotatable bonds is 7. The zero-order chi connectivity index (χ0) is 30.4. The van der Waals surface area contributed by atoms with Gasteiger partial charge in [-0.3, -0.25) is 0 Å². The zero-order valence-electron chi connectivity index (χ0n) is 29.3. The van der Waals surface area contributed by atoms with Crippen molar-refractivity contribution in [2.24, 2.45) is 58.2 Å². The van der Waals surface area contributed by atoms with E-state index in [0.29, 0.717) is 16.2 Å². The molecule has 240 valence electrons. The number of hydrogen-bond donors (Lipinski definition) is 0. The predicted molar refractivity (Wildman–Crippen MR) is 186 cm³/mol. The summed E-state index contributed by atoms with van der Waals surface area (Å²) in [5.74, 6) is 8.03. The van der Waals surface area contributed by atoms with Gasteiger partial charge in [-0.1, -0.05) is 104 Å². The van der Waals surface area contributed by atoms with Crippen LogP contribution in [0.1, 0.15) is 168 Å². The van der Waals surface area contributed by atoms with Crippen molar-refractivity contribution in [3.63, 3.8) is 0 Å². The molecule has 43 heavy (non-hydrogen) atoms. The van der Waals surface area contributed by atoms with Crippen LogP contribution in [0.4, 0.5) is 0 Å². The molecule has 0 radical (unpaired) electrons. The topological polar surface area (TPSA) is 0 Å². The van der Waals surface area contributed by atoms with Crippen LogP contribution in [0.2, 0.25) is 0 Å². The van der Waals surface area contributed by atoms with Crippen LogP contribution >= 0.6 is 0 Å². The third-order valence-electron chi connectivity index (χ3n) is 14.8. The lowest BCUT2D eigenvalue weighted by Crippen LogP contribution is -2.48. The van der Waals surface area contributed by atoms with Gasteiger partial charge in [0.2, 0.25) is 0 Å². The van der Waals surface area contributed by atoms with Crippen LogP contribution in [0.25, 0.3) is 0 Å². The minimum Gasteiger partial charge on any atom is -0.103 e. The maximum absolute atomic E-state index is 4.34. The van der Waals surface area contributed by atoms with Crippen molar-refractivity contribution in [3.05, 3.63) is 48.0 Å². The molecule has 0 heterocycles. The third kappa shape index (κ3) is 6.10. The van der Waals surface area contributed by atoms with E-state index in [9.17, 15) is 0 Å². The maximum Gasteiger partial charge on any atom is 0.00179 e. The average Bonchev–Trinajstić information content (AvgIpc) is 3.65. The van der Waals surface area contributed by atoms with Crippen molar-refractivity contribution < 1.29 is 0 Å². The molecule has 0 amide bonds. The number of hydrogen-bond acceptors (Lipinski definition) is 0. The fourth-order valence-corrected chi connectivity index (χ4v) is 12.5. The summed E-state index contributed by atoms with van der Waals surface area (Å²) in [5.41, 5.74) is 4.57. The molecule has 0 N–H and O–H groups in total. The standard InChI is InChI=1S/C43H68/c1-8-9-27-43(32-17-13-14-18-32,33-21-19-31(20-22-33)30-15-11-10-12-16-30)40-38-28-34(41(2,3)4)23-25-36(38)37-26-24-35(29-39(37)40)42(5,6)7/h8,19-22,30,32,34-40H,1,9-18,23-29H2,2-7H3. The second-order valence-corrected chi connectivity index (χ2v) is 18.7. The fraction of sp³-hybridized carbons (Fsp3) is 0.814. The van der Waals surface area contributed by atoms with Crippen LogP contribution in [0.15, 0.2) is 36.9 Å². The molecule has 0 nitrogen and oxygen atoms in total. The molecule has 7 unspecified atom stereocenters. The van der Waals surface area contributed by atoms with Crippen molar-refractivity contribution in [3.8, 4) is 0 Å². The van der Waals surface area contributed by atoms with E-state index in [-0.39, 0.29) is 0 Å². The molecule has 1 aromatic rings. The summed E-state index contributed by atoms with van der Waals surface area (Å²) in [4.78, 5) is 0. The van der Waals surface area contributed by atoms with Gasteiger partial charge in [0.15, 0.2) is 0 Å². The minimum absolute atomic E-state index is 0.317. The van der Waals surface area contributed by atoms with Gasteiger partial charge in [-0.15, -0.1) is 6.58 Å². The summed E-state index contributed by atoms with van der Waals surface area (Å²) < 4.78 is 0. The van der Waals surface area contributed by atoms with E-state index >= 15 is 0 Å². The smallest absolute Gasteiger partial charge is 0.00179 e. The van der Waals surface area contributed by atoms with E-state index in [1.165, 1.54) is 109 Å². The van der Waals surface area contributed by atoms with Gasteiger partial charge >= 0.3 is 0 Å². The Morgan fingerprint density at radius 3 is 1.60 bits per heavy atom. The van der Waals surface area contributed by atoms with E-state index in [1.807, 2.05) is 0 Å². The van der Waals surface area contributed by atoms with Gasteiger partial charge in [0, 0.05) is 5.41 Å². The van der Waals surface area contributed by atoms with Crippen molar-refractivity contribution in [1.29, 1.82) is 0 Å². The predicted octanol–water partition coefficient (Wildman–Crippen LogP) is 12.9. The highest BCUT2D eigenvalue weighted by Gasteiger charge is 2.62. The Morgan fingerprint density at radius 1 is 0.605 bits per heavy atom. The number of fused-ring (bicyclic) bond motifs is 3. The number of benzene rings is 1. The molecule has 0 aliphatic heterocycles. The van der Waals surface area contributed by atoms with Gasteiger partial charge in [0.05, 0.1) is 0 Å². The van der Waals surface area contributed by atoms with Crippen LogP contribution in [-0.4, -0.2) is 0 Å². The molecule has 0 spiro atoms. The second-order valence-electron chi connectivity index (χ2n) is 18.7. The lowest BCUT2D eigenvalue weighted by Gasteiger charge is -2.53. The average molecular weight is 585 g/mol. The first-order chi connectivity index (χ1) is 20.5. The highest BCUT2D eigenvalue weighted by atomic mass is 14.7. The monoisotopic (exact) mass is 585 g/mol. The van der Waals surface area contributed by atoms with Gasteiger partial charge in [-0.05, 0) is 152 Å². The normalized spacial score (nSPS) is 35.7. The Kier molecular flexibility index (Phi) is 9.38. The molecule has 5 aliphatic carbocycles. The first-order valence-corrected chi connectivity index (χ1v) is 19.3. The van der Waals surface area contributed by atoms with Crippen molar-refractivity contribution >= 4 is 0 Å². The third-order valence-corrected chi connectivity index (χ3v) is 14.8. The molecule has 5 saturated carbocycles. The van der Waals surface area contributed by atoms with Crippen LogP contribution < -0.4 is 0 Å². The van der Waals surface area contributed by atoms with Gasteiger partial charge in [0.25, 0.3) is 0 Å². The number of allylic oxidation sites excluding steroid dienone is 1. The molecule has 0 heteroatoms. The van der Waals surface area contributed by atoms with E-state index in [1.54, 1.807) is 11.1 Å². The van der Waals surface area contributed by atoms with Crippen molar-refractivity contribution in [2.75, 3.05) is 0 Å². The summed E-state index contributed by atoms with van der Waals surface area (Å²) in [6.07, 6.45) is 26.7. The van der Waals surface area contributed by atoms with Crippen LogP contribution in [0.3, 0.4) is 0 Å². The minimum atomic E-state index is 0.317. The first-order valence-electron chi connectivity index (χ1n) is 19.3. The van der Waals surface area contributed by atoms with Gasteiger partial charge in [0.1, 0.15) is 0 Å². The van der Waals surface area contributed by atoms with E-state index in [0.717, 1.165) is 53.3 Å². The Balaban J connectivity index is 1.47. The molecular weight excluding hydrogens is 516 g/mol. The molecule has 0 aromatic heterocycles. The quantitative estimate of drug-likeness (QED) is 0.280.